The number of aliphatic hydroxyl groups is 1. The summed E-state index contributed by atoms with van der Waals surface area (Å²) < 4.78 is 24.9. The number of sulfone groups is 1. The summed E-state index contributed by atoms with van der Waals surface area (Å²) in [5.74, 6) is 0. The number of aromatic nitrogens is 2. The van der Waals surface area contributed by atoms with Gasteiger partial charge in [0.1, 0.15) is 5.65 Å². The second kappa shape index (κ2) is 5.23. The highest BCUT2D eigenvalue weighted by molar-refractivity contribution is 7.90. The topological polar surface area (TPSA) is 71.7 Å². The van der Waals surface area contributed by atoms with Crippen LogP contribution in [0.3, 0.4) is 0 Å². The molecule has 0 atom stereocenters. The van der Waals surface area contributed by atoms with Gasteiger partial charge in [-0.2, -0.15) is 0 Å². The summed E-state index contributed by atoms with van der Waals surface area (Å²) in [7, 11) is -3.19. The lowest BCUT2D eigenvalue weighted by atomic mass is 10.1. The number of pyridine rings is 1. The molecule has 0 unspecified atom stereocenters. The van der Waals surface area contributed by atoms with Crippen LogP contribution in [0.2, 0.25) is 0 Å². The van der Waals surface area contributed by atoms with E-state index in [-0.39, 0.29) is 6.61 Å². The summed E-state index contributed by atoms with van der Waals surface area (Å²) in [5, 5.41) is 9.47. The van der Waals surface area contributed by atoms with Crippen molar-refractivity contribution in [2.45, 2.75) is 18.4 Å². The number of hydrogen-bond acceptors (Lipinski definition) is 4. The van der Waals surface area contributed by atoms with Gasteiger partial charge in [-0.15, -0.1) is 0 Å². The van der Waals surface area contributed by atoms with Crippen molar-refractivity contribution in [1.29, 1.82) is 0 Å². The number of aliphatic hydroxyl groups excluding tert-OH is 1. The molecular formula is C16H16N2O3S. The van der Waals surface area contributed by atoms with Gasteiger partial charge in [-0.3, -0.25) is 0 Å². The first-order valence-corrected chi connectivity index (χ1v) is 8.68. The normalized spacial score (nSPS) is 12.0. The van der Waals surface area contributed by atoms with E-state index < -0.39 is 9.84 Å². The summed E-state index contributed by atoms with van der Waals surface area (Å²) in [4.78, 5) is 4.69. The number of rotatable bonds is 3. The largest absolute Gasteiger partial charge is 0.390 e. The first kappa shape index (κ1) is 14.7. The van der Waals surface area contributed by atoms with Crippen LogP contribution in [0.5, 0.6) is 0 Å². The zero-order chi connectivity index (χ0) is 15.9. The van der Waals surface area contributed by atoms with Gasteiger partial charge in [0, 0.05) is 12.5 Å². The molecule has 22 heavy (non-hydrogen) atoms. The minimum absolute atomic E-state index is 0.0799. The number of nitrogens with zero attached hydrogens (tertiary/aromatic N) is 2. The number of fused-ring (bicyclic) bond motifs is 1. The lowest BCUT2D eigenvalue weighted by Crippen LogP contribution is -1.97. The second-order valence-corrected chi connectivity index (χ2v) is 7.26. The van der Waals surface area contributed by atoms with Crippen molar-refractivity contribution in [1.82, 2.24) is 9.38 Å². The zero-order valence-electron chi connectivity index (χ0n) is 12.3. The molecule has 0 spiro atoms. The molecule has 0 aliphatic heterocycles. The van der Waals surface area contributed by atoms with Crippen molar-refractivity contribution in [3.05, 3.63) is 54.0 Å². The van der Waals surface area contributed by atoms with E-state index in [1.165, 1.54) is 6.26 Å². The highest BCUT2D eigenvalue weighted by atomic mass is 32.2. The molecule has 114 valence electrons. The fourth-order valence-corrected chi connectivity index (χ4v) is 3.10. The van der Waals surface area contributed by atoms with Crippen LogP contribution in [-0.4, -0.2) is 29.2 Å². The molecule has 1 N–H and O–H groups in total. The molecule has 0 fully saturated rings. The maximum absolute atomic E-state index is 11.5. The van der Waals surface area contributed by atoms with Crippen LogP contribution >= 0.6 is 0 Å². The molecule has 3 rings (SSSR count). The van der Waals surface area contributed by atoms with E-state index in [1.807, 2.05) is 29.7 Å². The minimum atomic E-state index is -3.19. The minimum Gasteiger partial charge on any atom is -0.390 e. The van der Waals surface area contributed by atoms with E-state index in [1.54, 1.807) is 24.3 Å². The fraction of sp³-hybridized carbons (Fsp3) is 0.188. The van der Waals surface area contributed by atoms with Crippen molar-refractivity contribution in [2.24, 2.45) is 0 Å². The predicted molar refractivity (Wildman–Crippen MR) is 84.4 cm³/mol. The van der Waals surface area contributed by atoms with Gasteiger partial charge in [0.15, 0.2) is 9.84 Å². The Balaban J connectivity index is 2.10. The third kappa shape index (κ3) is 2.51. The molecule has 3 aromatic rings. The van der Waals surface area contributed by atoms with Gasteiger partial charge in [-0.1, -0.05) is 12.1 Å². The van der Waals surface area contributed by atoms with Crippen LogP contribution in [0.4, 0.5) is 0 Å². The number of benzene rings is 1. The van der Waals surface area contributed by atoms with Crippen LogP contribution in [-0.2, 0) is 16.4 Å². The van der Waals surface area contributed by atoms with E-state index in [9.17, 15) is 13.5 Å². The Morgan fingerprint density at radius 2 is 1.73 bits per heavy atom. The summed E-state index contributed by atoms with van der Waals surface area (Å²) in [5.41, 5.74) is 4.17. The Bertz CT molecular complexity index is 941. The Morgan fingerprint density at radius 3 is 2.32 bits per heavy atom. The van der Waals surface area contributed by atoms with Gasteiger partial charge in [0.2, 0.25) is 0 Å². The molecule has 1 aromatic carbocycles. The highest BCUT2D eigenvalue weighted by Crippen LogP contribution is 2.23. The third-order valence-electron chi connectivity index (χ3n) is 3.68. The molecular weight excluding hydrogens is 300 g/mol. The molecule has 0 saturated carbocycles. The summed E-state index contributed by atoms with van der Waals surface area (Å²) >= 11 is 0. The van der Waals surface area contributed by atoms with Gasteiger partial charge in [0.25, 0.3) is 0 Å². The van der Waals surface area contributed by atoms with E-state index in [0.717, 1.165) is 28.2 Å². The first-order valence-electron chi connectivity index (χ1n) is 6.79. The second-order valence-electron chi connectivity index (χ2n) is 5.24. The molecule has 2 heterocycles. The fourth-order valence-electron chi connectivity index (χ4n) is 2.47. The monoisotopic (exact) mass is 316 g/mol. The van der Waals surface area contributed by atoms with E-state index >= 15 is 0 Å². The average Bonchev–Trinajstić information content (AvgIpc) is 2.80. The lowest BCUT2D eigenvalue weighted by Gasteiger charge is -2.06. The standard InChI is InChI=1S/C16H16N2O3S/c1-11-15(10-19)18-9-13(5-8-16(18)17-11)12-3-6-14(7-4-12)22(2,20)21/h3-9,19H,10H2,1-2H3. The SMILES string of the molecule is Cc1nc2ccc(-c3ccc(S(C)(=O)=O)cc3)cn2c1CO. The smallest absolute Gasteiger partial charge is 0.175 e. The molecule has 0 bridgehead atoms. The Hall–Kier alpha value is -2.18. The maximum Gasteiger partial charge on any atom is 0.175 e. The van der Waals surface area contributed by atoms with Crippen LogP contribution < -0.4 is 0 Å². The molecule has 0 aliphatic carbocycles. The van der Waals surface area contributed by atoms with Crippen LogP contribution in [0.25, 0.3) is 16.8 Å². The Morgan fingerprint density at radius 1 is 1.09 bits per heavy atom. The predicted octanol–water partition coefficient (Wildman–Crippen LogP) is 2.21. The number of aryl methyl sites for hydroxylation is 1. The molecule has 0 radical (unpaired) electrons. The molecule has 2 aromatic heterocycles. The first-order chi connectivity index (χ1) is 10.4. The van der Waals surface area contributed by atoms with Crippen molar-refractivity contribution in [3.8, 4) is 11.1 Å². The maximum atomic E-state index is 11.5. The molecule has 0 saturated heterocycles. The molecule has 0 aliphatic rings. The van der Waals surface area contributed by atoms with Crippen molar-refractivity contribution >= 4 is 15.5 Å². The summed E-state index contributed by atoms with van der Waals surface area (Å²) in [6.07, 6.45) is 3.09. The molecule has 5 nitrogen and oxygen atoms in total. The highest BCUT2D eigenvalue weighted by Gasteiger charge is 2.10. The van der Waals surface area contributed by atoms with Gasteiger partial charge in [-0.05, 0) is 42.3 Å². The Kier molecular flexibility index (Phi) is 3.50. The van der Waals surface area contributed by atoms with Crippen molar-refractivity contribution in [2.75, 3.05) is 6.26 Å². The average molecular weight is 316 g/mol. The van der Waals surface area contributed by atoms with Crippen molar-refractivity contribution < 1.29 is 13.5 Å². The van der Waals surface area contributed by atoms with E-state index in [4.69, 9.17) is 0 Å². The van der Waals surface area contributed by atoms with Gasteiger partial charge >= 0.3 is 0 Å². The van der Waals surface area contributed by atoms with E-state index in [2.05, 4.69) is 4.98 Å². The summed E-state index contributed by atoms with van der Waals surface area (Å²) in [6.45, 7) is 1.78. The third-order valence-corrected chi connectivity index (χ3v) is 4.81. The summed E-state index contributed by atoms with van der Waals surface area (Å²) in [6, 6.07) is 10.6. The zero-order valence-corrected chi connectivity index (χ0v) is 13.1. The van der Waals surface area contributed by atoms with Crippen LogP contribution in [0, 0.1) is 6.92 Å². The lowest BCUT2D eigenvalue weighted by molar-refractivity contribution is 0.275. The van der Waals surface area contributed by atoms with Crippen molar-refractivity contribution in [3.63, 3.8) is 0 Å². The van der Waals surface area contributed by atoms with E-state index in [0.29, 0.717) is 4.90 Å². The quantitative estimate of drug-likeness (QED) is 0.804. The van der Waals surface area contributed by atoms with Crippen LogP contribution in [0.1, 0.15) is 11.4 Å². The van der Waals surface area contributed by atoms with Gasteiger partial charge in [0.05, 0.1) is 22.9 Å². The molecule has 0 amide bonds. The number of imidazole rings is 1. The molecule has 6 heteroatoms. The van der Waals surface area contributed by atoms with Gasteiger partial charge in [-0.25, -0.2) is 13.4 Å². The number of hydrogen-bond donors (Lipinski definition) is 1. The Labute approximate surface area is 128 Å². The van der Waals surface area contributed by atoms with Gasteiger partial charge < -0.3 is 9.51 Å². The van der Waals surface area contributed by atoms with Crippen LogP contribution in [0.15, 0.2) is 47.5 Å².